The summed E-state index contributed by atoms with van der Waals surface area (Å²) in [6.45, 7) is 5.01. The van der Waals surface area contributed by atoms with E-state index in [9.17, 15) is 5.11 Å². The predicted octanol–water partition coefficient (Wildman–Crippen LogP) is 3.10. The van der Waals surface area contributed by atoms with Gasteiger partial charge in [0, 0.05) is 12.1 Å². The highest BCUT2D eigenvalue weighted by molar-refractivity contribution is 9.10. The van der Waals surface area contributed by atoms with E-state index in [4.69, 9.17) is 4.74 Å². The lowest BCUT2D eigenvalue weighted by molar-refractivity contribution is -0.0118. The van der Waals surface area contributed by atoms with E-state index in [0.29, 0.717) is 19.4 Å². The highest BCUT2D eigenvalue weighted by Crippen LogP contribution is 2.30. The molecule has 0 saturated heterocycles. The van der Waals surface area contributed by atoms with Gasteiger partial charge in [-0.3, -0.25) is 0 Å². The fourth-order valence-electron chi connectivity index (χ4n) is 1.71. The van der Waals surface area contributed by atoms with Crippen molar-refractivity contribution in [2.75, 3.05) is 13.7 Å². The van der Waals surface area contributed by atoms with Crippen LogP contribution < -0.4 is 10.1 Å². The Hall–Kier alpha value is -0.580. The number of hydrogen-bond acceptors (Lipinski definition) is 3. The molecule has 0 heterocycles. The summed E-state index contributed by atoms with van der Waals surface area (Å²) in [5.41, 5.74) is 0.341. The fraction of sp³-hybridized carbons (Fsp3) is 0.571. The molecule has 0 fully saturated rings. The summed E-state index contributed by atoms with van der Waals surface area (Å²) in [4.78, 5) is 0. The molecule has 2 N–H and O–H groups in total. The average molecular weight is 316 g/mol. The van der Waals surface area contributed by atoms with Crippen LogP contribution in [0.1, 0.15) is 32.3 Å². The molecule has 4 heteroatoms. The zero-order chi connectivity index (χ0) is 13.6. The van der Waals surface area contributed by atoms with Crippen molar-refractivity contribution >= 4 is 15.9 Å². The molecule has 0 aliphatic carbocycles. The zero-order valence-corrected chi connectivity index (χ0v) is 12.9. The molecular formula is C14H22BrNO2. The molecule has 3 nitrogen and oxygen atoms in total. The van der Waals surface area contributed by atoms with E-state index >= 15 is 0 Å². The molecule has 0 aromatic heterocycles. The van der Waals surface area contributed by atoms with Gasteiger partial charge in [0.2, 0.25) is 0 Å². The summed E-state index contributed by atoms with van der Waals surface area (Å²) in [7, 11) is 1.90. The van der Waals surface area contributed by atoms with E-state index in [1.54, 1.807) is 0 Å². The van der Waals surface area contributed by atoms with Gasteiger partial charge < -0.3 is 15.2 Å². The molecule has 18 heavy (non-hydrogen) atoms. The van der Waals surface area contributed by atoms with Gasteiger partial charge in [-0.1, -0.05) is 26.0 Å². The SMILES string of the molecule is CCC(O)(CC)COc1c(Br)cccc1CNC. The van der Waals surface area contributed by atoms with Crippen LogP contribution in [0.15, 0.2) is 22.7 Å². The van der Waals surface area contributed by atoms with Crippen LogP contribution in [0.5, 0.6) is 5.75 Å². The van der Waals surface area contributed by atoms with Gasteiger partial charge in [-0.25, -0.2) is 0 Å². The Bertz CT molecular complexity index is 378. The minimum absolute atomic E-state index is 0.319. The summed E-state index contributed by atoms with van der Waals surface area (Å²) >= 11 is 3.49. The van der Waals surface area contributed by atoms with Crippen molar-refractivity contribution < 1.29 is 9.84 Å². The molecule has 0 amide bonds. The van der Waals surface area contributed by atoms with Gasteiger partial charge >= 0.3 is 0 Å². The Balaban J connectivity index is 2.83. The minimum Gasteiger partial charge on any atom is -0.489 e. The number of benzene rings is 1. The molecule has 0 saturated carbocycles. The monoisotopic (exact) mass is 315 g/mol. The Kier molecular flexibility index (Phi) is 6.12. The molecule has 1 aromatic carbocycles. The van der Waals surface area contributed by atoms with Crippen LogP contribution >= 0.6 is 15.9 Å². The Morgan fingerprint density at radius 2 is 2.00 bits per heavy atom. The van der Waals surface area contributed by atoms with Crippen molar-refractivity contribution in [2.45, 2.75) is 38.8 Å². The number of halogens is 1. The van der Waals surface area contributed by atoms with Crippen LogP contribution in [0, 0.1) is 0 Å². The second-order valence-corrected chi connectivity index (χ2v) is 5.33. The molecule has 0 aliphatic rings. The van der Waals surface area contributed by atoms with Gasteiger partial charge in [0.25, 0.3) is 0 Å². The second-order valence-electron chi connectivity index (χ2n) is 4.48. The second kappa shape index (κ2) is 7.12. The van der Waals surface area contributed by atoms with E-state index in [0.717, 1.165) is 22.3 Å². The first-order chi connectivity index (χ1) is 8.56. The first kappa shape index (κ1) is 15.5. The Labute approximate surface area is 118 Å². The van der Waals surface area contributed by atoms with Crippen LogP contribution in [0.4, 0.5) is 0 Å². The van der Waals surface area contributed by atoms with Crippen molar-refractivity contribution in [3.8, 4) is 5.75 Å². The van der Waals surface area contributed by atoms with Gasteiger partial charge in [0.15, 0.2) is 0 Å². The van der Waals surface area contributed by atoms with Crippen LogP contribution in [0.25, 0.3) is 0 Å². The molecular weight excluding hydrogens is 294 g/mol. The minimum atomic E-state index is -0.744. The maximum atomic E-state index is 10.2. The lowest BCUT2D eigenvalue weighted by Crippen LogP contribution is -2.34. The first-order valence-corrected chi connectivity index (χ1v) is 7.12. The topological polar surface area (TPSA) is 41.5 Å². The summed E-state index contributed by atoms with van der Waals surface area (Å²) in [6.07, 6.45) is 1.38. The average Bonchev–Trinajstić information content (AvgIpc) is 2.38. The van der Waals surface area contributed by atoms with E-state index in [1.165, 1.54) is 0 Å². The zero-order valence-electron chi connectivity index (χ0n) is 11.3. The highest BCUT2D eigenvalue weighted by Gasteiger charge is 2.24. The smallest absolute Gasteiger partial charge is 0.138 e. The quantitative estimate of drug-likeness (QED) is 0.812. The number of ether oxygens (including phenoxy) is 1. The largest absolute Gasteiger partial charge is 0.489 e. The molecule has 0 radical (unpaired) electrons. The van der Waals surface area contributed by atoms with Gasteiger partial charge in [-0.15, -0.1) is 0 Å². The van der Waals surface area contributed by atoms with Crippen molar-refractivity contribution in [3.05, 3.63) is 28.2 Å². The highest BCUT2D eigenvalue weighted by atomic mass is 79.9. The Morgan fingerprint density at radius 3 is 2.56 bits per heavy atom. The summed E-state index contributed by atoms with van der Waals surface area (Å²) in [5, 5.41) is 13.4. The number of aliphatic hydroxyl groups is 1. The lowest BCUT2D eigenvalue weighted by atomic mass is 9.99. The molecule has 102 valence electrons. The molecule has 0 unspecified atom stereocenters. The van der Waals surface area contributed by atoms with E-state index in [2.05, 4.69) is 21.2 Å². The van der Waals surface area contributed by atoms with Crippen molar-refractivity contribution in [1.82, 2.24) is 5.32 Å². The Morgan fingerprint density at radius 1 is 1.33 bits per heavy atom. The van der Waals surface area contributed by atoms with Crippen LogP contribution in [0.2, 0.25) is 0 Å². The van der Waals surface area contributed by atoms with E-state index < -0.39 is 5.60 Å². The third-order valence-electron chi connectivity index (χ3n) is 3.22. The number of rotatable bonds is 7. The molecule has 0 aliphatic heterocycles. The van der Waals surface area contributed by atoms with Gasteiger partial charge in [-0.05, 0) is 41.9 Å². The molecule has 1 aromatic rings. The standard InChI is InChI=1S/C14H22BrNO2/c1-4-14(17,5-2)10-18-13-11(9-16-3)7-6-8-12(13)15/h6-8,16-17H,4-5,9-10H2,1-3H3. The number of hydrogen-bond donors (Lipinski definition) is 2. The molecule has 0 atom stereocenters. The third-order valence-corrected chi connectivity index (χ3v) is 3.84. The van der Waals surface area contributed by atoms with Gasteiger partial charge in [-0.2, -0.15) is 0 Å². The summed E-state index contributed by atoms with van der Waals surface area (Å²) < 4.78 is 6.75. The fourth-order valence-corrected chi connectivity index (χ4v) is 2.23. The normalized spacial score (nSPS) is 11.6. The molecule has 0 bridgehead atoms. The van der Waals surface area contributed by atoms with Crippen molar-refractivity contribution in [3.63, 3.8) is 0 Å². The number of para-hydroxylation sites is 1. The number of nitrogens with one attached hydrogen (secondary N) is 1. The predicted molar refractivity (Wildman–Crippen MR) is 77.9 cm³/mol. The lowest BCUT2D eigenvalue weighted by Gasteiger charge is -2.26. The maximum Gasteiger partial charge on any atom is 0.138 e. The molecule has 0 spiro atoms. The van der Waals surface area contributed by atoms with Crippen LogP contribution in [0.3, 0.4) is 0 Å². The van der Waals surface area contributed by atoms with Crippen molar-refractivity contribution in [1.29, 1.82) is 0 Å². The first-order valence-electron chi connectivity index (χ1n) is 6.33. The van der Waals surface area contributed by atoms with E-state index in [-0.39, 0.29) is 0 Å². The van der Waals surface area contributed by atoms with Gasteiger partial charge in [0.1, 0.15) is 12.4 Å². The third kappa shape index (κ3) is 3.97. The summed E-state index contributed by atoms with van der Waals surface area (Å²) in [6, 6.07) is 5.95. The van der Waals surface area contributed by atoms with Crippen molar-refractivity contribution in [2.24, 2.45) is 0 Å². The van der Waals surface area contributed by atoms with Crippen LogP contribution in [-0.2, 0) is 6.54 Å². The van der Waals surface area contributed by atoms with Crippen LogP contribution in [-0.4, -0.2) is 24.4 Å². The summed E-state index contributed by atoms with van der Waals surface area (Å²) in [5.74, 6) is 0.812. The van der Waals surface area contributed by atoms with E-state index in [1.807, 2.05) is 39.1 Å². The molecule has 1 rings (SSSR count). The maximum absolute atomic E-state index is 10.2. The van der Waals surface area contributed by atoms with Gasteiger partial charge in [0.05, 0.1) is 10.1 Å².